The van der Waals surface area contributed by atoms with Gasteiger partial charge in [0.1, 0.15) is 4.21 Å². The van der Waals surface area contributed by atoms with Crippen molar-refractivity contribution < 1.29 is 13.2 Å². The number of nitrogens with zero attached hydrogens (tertiary/aromatic N) is 1. The van der Waals surface area contributed by atoms with Gasteiger partial charge in [-0.25, -0.2) is 8.42 Å². The van der Waals surface area contributed by atoms with Gasteiger partial charge in [-0.2, -0.15) is 0 Å². The number of thiophene rings is 1. The van der Waals surface area contributed by atoms with E-state index in [0.717, 1.165) is 18.4 Å². The molecule has 1 unspecified atom stereocenters. The predicted molar refractivity (Wildman–Crippen MR) is 121 cm³/mol. The van der Waals surface area contributed by atoms with Crippen molar-refractivity contribution in [3.05, 3.63) is 82.2 Å². The van der Waals surface area contributed by atoms with Crippen molar-refractivity contribution in [2.75, 3.05) is 11.4 Å². The second-order valence-corrected chi connectivity index (χ2v) is 10.7. The molecule has 0 bridgehead atoms. The fourth-order valence-corrected chi connectivity index (χ4v) is 6.09. The summed E-state index contributed by atoms with van der Waals surface area (Å²) in [4.78, 5) is 12.7. The fraction of sp³-hybridized carbons (Fsp3) is 0.261. The third kappa shape index (κ3) is 4.00. The lowest BCUT2D eigenvalue weighted by Crippen LogP contribution is -2.27. The minimum absolute atomic E-state index is 0.107. The molecule has 1 aliphatic rings. The number of carbonyl (C=O) groups excluding carboxylic acids is 1. The molecule has 156 valence electrons. The maximum atomic E-state index is 12.7. The Bertz CT molecular complexity index is 1150. The van der Waals surface area contributed by atoms with Crippen LogP contribution in [-0.4, -0.2) is 21.4 Å². The zero-order valence-corrected chi connectivity index (χ0v) is 18.6. The molecule has 30 heavy (non-hydrogen) atoms. The summed E-state index contributed by atoms with van der Waals surface area (Å²) >= 11 is 1.18. The Kier molecular flexibility index (Phi) is 5.66. The number of anilines is 1. The van der Waals surface area contributed by atoms with Crippen LogP contribution in [0.25, 0.3) is 0 Å². The summed E-state index contributed by atoms with van der Waals surface area (Å²) in [5, 5.41) is 4.77. The molecule has 1 atom stereocenters. The van der Waals surface area contributed by atoms with Gasteiger partial charge in [-0.1, -0.05) is 24.3 Å². The van der Waals surface area contributed by atoms with E-state index in [1.807, 2.05) is 6.92 Å². The van der Waals surface area contributed by atoms with Crippen molar-refractivity contribution in [1.82, 2.24) is 5.32 Å². The first-order chi connectivity index (χ1) is 14.4. The Hall–Kier alpha value is -2.64. The number of nitrogens with one attached hydrogen (secondary N) is 1. The molecule has 0 aliphatic heterocycles. The van der Waals surface area contributed by atoms with Crippen LogP contribution < -0.4 is 9.62 Å². The fourth-order valence-electron chi connectivity index (χ4n) is 3.73. The normalized spacial score (nSPS) is 14.2. The number of benzene rings is 2. The molecule has 1 heterocycles. The van der Waals surface area contributed by atoms with Gasteiger partial charge in [-0.3, -0.25) is 9.10 Å². The minimum atomic E-state index is -3.59. The molecule has 2 aromatic carbocycles. The molecule has 0 spiro atoms. The molecule has 1 aliphatic carbocycles. The lowest BCUT2D eigenvalue weighted by Gasteiger charge is -2.19. The average Bonchev–Trinajstić information content (AvgIpc) is 3.44. The van der Waals surface area contributed by atoms with Gasteiger partial charge in [0, 0.05) is 12.6 Å². The maximum absolute atomic E-state index is 12.7. The van der Waals surface area contributed by atoms with E-state index in [9.17, 15) is 13.2 Å². The third-order valence-corrected chi connectivity index (χ3v) is 8.73. The summed E-state index contributed by atoms with van der Waals surface area (Å²) < 4.78 is 26.8. The highest BCUT2D eigenvalue weighted by Crippen LogP contribution is 2.27. The lowest BCUT2D eigenvalue weighted by atomic mass is 10.0. The molecule has 1 aromatic heterocycles. The number of fused-ring (bicyclic) bond motifs is 1. The number of aryl methyl sites for hydroxylation is 2. The average molecular weight is 441 g/mol. The molecule has 0 fully saturated rings. The van der Waals surface area contributed by atoms with E-state index in [1.165, 1.54) is 40.2 Å². The van der Waals surface area contributed by atoms with Gasteiger partial charge in [0.15, 0.2) is 0 Å². The monoisotopic (exact) mass is 440 g/mol. The van der Waals surface area contributed by atoms with Crippen molar-refractivity contribution in [2.24, 2.45) is 0 Å². The first-order valence-corrected chi connectivity index (χ1v) is 12.2. The van der Waals surface area contributed by atoms with E-state index in [0.29, 0.717) is 11.3 Å². The second-order valence-electron chi connectivity index (χ2n) is 7.53. The SMILES string of the molecule is CC(NC(=O)c1ccc(N(C)S(=O)(=O)c2cccs2)cc1)c1ccc2c(c1)CCC2. The molecule has 0 saturated carbocycles. The van der Waals surface area contributed by atoms with E-state index in [-0.39, 0.29) is 16.2 Å². The first kappa shape index (κ1) is 20.6. The van der Waals surface area contributed by atoms with Gasteiger partial charge in [0.2, 0.25) is 0 Å². The minimum Gasteiger partial charge on any atom is -0.346 e. The van der Waals surface area contributed by atoms with Crippen molar-refractivity contribution in [3.8, 4) is 0 Å². The summed E-state index contributed by atoms with van der Waals surface area (Å²) in [6, 6.07) is 16.2. The predicted octanol–water partition coefficient (Wildman–Crippen LogP) is 4.55. The van der Waals surface area contributed by atoms with E-state index < -0.39 is 10.0 Å². The van der Waals surface area contributed by atoms with E-state index in [4.69, 9.17) is 0 Å². The van der Waals surface area contributed by atoms with Crippen molar-refractivity contribution in [2.45, 2.75) is 36.4 Å². The van der Waals surface area contributed by atoms with E-state index >= 15 is 0 Å². The smallest absolute Gasteiger partial charge is 0.273 e. The first-order valence-electron chi connectivity index (χ1n) is 9.91. The number of sulfonamides is 1. The standard InChI is InChI=1S/C23H24N2O3S2/c1-16(19-9-8-17-5-3-6-20(17)15-19)24-23(26)18-10-12-21(13-11-18)25(2)30(27,28)22-7-4-14-29-22/h4,7-16H,3,5-6H2,1-2H3,(H,24,26). The molecular formula is C23H24N2O3S2. The summed E-state index contributed by atoms with van der Waals surface area (Å²) in [5.41, 5.74) is 4.89. The molecule has 1 N–H and O–H groups in total. The Morgan fingerprint density at radius 3 is 2.50 bits per heavy atom. The largest absolute Gasteiger partial charge is 0.346 e. The topological polar surface area (TPSA) is 66.5 Å². The quantitative estimate of drug-likeness (QED) is 0.611. The molecule has 4 rings (SSSR count). The number of carbonyl (C=O) groups is 1. The summed E-state index contributed by atoms with van der Waals surface area (Å²) in [6.07, 6.45) is 3.44. The molecule has 3 aromatic rings. The van der Waals surface area contributed by atoms with Gasteiger partial charge >= 0.3 is 0 Å². The van der Waals surface area contributed by atoms with Gasteiger partial charge in [0.05, 0.1) is 11.7 Å². The zero-order valence-electron chi connectivity index (χ0n) is 17.0. The highest BCUT2D eigenvalue weighted by Gasteiger charge is 2.22. The molecule has 1 amide bonds. The number of rotatable bonds is 6. The summed E-state index contributed by atoms with van der Waals surface area (Å²) in [7, 11) is -2.08. The van der Waals surface area contributed by atoms with Crippen LogP contribution >= 0.6 is 11.3 Å². The van der Waals surface area contributed by atoms with Crippen molar-refractivity contribution >= 4 is 33.0 Å². The molecule has 0 saturated heterocycles. The Labute approximate surface area is 181 Å². The second kappa shape index (κ2) is 8.24. The van der Waals surface area contributed by atoms with Gasteiger partial charge < -0.3 is 5.32 Å². The van der Waals surface area contributed by atoms with Gasteiger partial charge in [-0.05, 0) is 78.6 Å². The van der Waals surface area contributed by atoms with Crippen LogP contribution in [0, 0.1) is 0 Å². The van der Waals surface area contributed by atoms with Crippen LogP contribution in [-0.2, 0) is 22.9 Å². The zero-order chi connectivity index (χ0) is 21.3. The summed E-state index contributed by atoms with van der Waals surface area (Å²) in [5.74, 6) is -0.182. The Morgan fingerprint density at radius 1 is 1.07 bits per heavy atom. The highest BCUT2D eigenvalue weighted by atomic mass is 32.2. The van der Waals surface area contributed by atoms with Crippen LogP contribution in [0.5, 0.6) is 0 Å². The molecule has 7 heteroatoms. The van der Waals surface area contributed by atoms with Gasteiger partial charge in [-0.15, -0.1) is 11.3 Å². The maximum Gasteiger partial charge on any atom is 0.273 e. The van der Waals surface area contributed by atoms with Crippen molar-refractivity contribution in [1.29, 1.82) is 0 Å². The van der Waals surface area contributed by atoms with Crippen LogP contribution in [0.1, 0.15) is 46.4 Å². The number of hydrogen-bond donors (Lipinski definition) is 1. The van der Waals surface area contributed by atoms with Crippen LogP contribution in [0.15, 0.2) is 64.2 Å². The lowest BCUT2D eigenvalue weighted by molar-refractivity contribution is 0.0940. The van der Waals surface area contributed by atoms with Crippen LogP contribution in [0.2, 0.25) is 0 Å². The number of hydrogen-bond acceptors (Lipinski definition) is 4. The molecule has 5 nitrogen and oxygen atoms in total. The summed E-state index contributed by atoms with van der Waals surface area (Å²) in [6.45, 7) is 1.98. The Morgan fingerprint density at radius 2 is 1.80 bits per heavy atom. The molecular weight excluding hydrogens is 416 g/mol. The van der Waals surface area contributed by atoms with E-state index in [1.54, 1.807) is 41.8 Å². The highest BCUT2D eigenvalue weighted by molar-refractivity contribution is 7.94. The van der Waals surface area contributed by atoms with Gasteiger partial charge in [0.25, 0.3) is 15.9 Å². The van der Waals surface area contributed by atoms with Crippen LogP contribution in [0.4, 0.5) is 5.69 Å². The van der Waals surface area contributed by atoms with E-state index in [2.05, 4.69) is 23.5 Å². The van der Waals surface area contributed by atoms with Crippen LogP contribution in [0.3, 0.4) is 0 Å². The van der Waals surface area contributed by atoms with Crippen molar-refractivity contribution in [3.63, 3.8) is 0 Å². The third-order valence-electron chi connectivity index (χ3n) is 5.57. The number of amides is 1. The molecule has 0 radical (unpaired) electrons. The Balaban J connectivity index is 1.45.